The van der Waals surface area contributed by atoms with E-state index in [0.29, 0.717) is 24.0 Å². The number of anilines is 2. The van der Waals surface area contributed by atoms with Crippen LogP contribution in [0.25, 0.3) is 0 Å². The molecule has 6 heteroatoms. The molecule has 0 atom stereocenters. The monoisotopic (exact) mass is 233 g/mol. The van der Waals surface area contributed by atoms with Crippen molar-refractivity contribution in [3.63, 3.8) is 0 Å². The van der Waals surface area contributed by atoms with Gasteiger partial charge in [0.2, 0.25) is 6.79 Å². The minimum atomic E-state index is 0.259. The topological polar surface area (TPSA) is 82.5 Å². The molecule has 6 nitrogen and oxygen atoms in total. The van der Waals surface area contributed by atoms with Gasteiger partial charge in [-0.3, -0.25) is 0 Å². The molecule has 0 amide bonds. The minimum Gasteiger partial charge on any atom is -0.454 e. The third kappa shape index (κ3) is 1.90. The molecule has 1 aromatic heterocycles. The molecule has 88 valence electrons. The molecular formula is C11H11N3O3. The molecule has 17 heavy (non-hydrogen) atoms. The Labute approximate surface area is 97.3 Å². The van der Waals surface area contributed by atoms with Gasteiger partial charge in [0, 0.05) is 18.3 Å². The van der Waals surface area contributed by atoms with Crippen molar-refractivity contribution in [3.8, 4) is 11.5 Å². The number of nitrogens with two attached hydrogens (primary N) is 1. The molecule has 1 aromatic carbocycles. The first-order chi connectivity index (χ1) is 8.35. The molecule has 0 spiro atoms. The van der Waals surface area contributed by atoms with Gasteiger partial charge >= 0.3 is 0 Å². The highest BCUT2D eigenvalue weighted by molar-refractivity contribution is 5.59. The molecule has 0 radical (unpaired) electrons. The van der Waals surface area contributed by atoms with Crippen molar-refractivity contribution in [3.05, 3.63) is 30.2 Å². The average Bonchev–Trinajstić information content (AvgIpc) is 2.96. The maximum absolute atomic E-state index is 5.44. The molecule has 0 unspecified atom stereocenters. The van der Waals surface area contributed by atoms with Crippen molar-refractivity contribution in [2.24, 2.45) is 5.73 Å². The predicted molar refractivity (Wildman–Crippen MR) is 60.2 cm³/mol. The van der Waals surface area contributed by atoms with Gasteiger partial charge in [-0.1, -0.05) is 0 Å². The molecule has 3 N–H and O–H groups in total. The number of hydrogen-bond acceptors (Lipinski definition) is 6. The normalized spacial score (nSPS) is 12.8. The van der Waals surface area contributed by atoms with Crippen LogP contribution in [0.5, 0.6) is 11.5 Å². The van der Waals surface area contributed by atoms with Crippen molar-refractivity contribution in [1.29, 1.82) is 0 Å². The first kappa shape index (κ1) is 9.98. The number of hydrogen-bond donors (Lipinski definition) is 2. The summed E-state index contributed by atoms with van der Waals surface area (Å²) in [7, 11) is 0. The molecule has 0 aliphatic carbocycles. The molecule has 2 heterocycles. The fraction of sp³-hybridized carbons (Fsp3) is 0.182. The molecule has 3 rings (SSSR count). The largest absolute Gasteiger partial charge is 0.454 e. The van der Waals surface area contributed by atoms with E-state index >= 15 is 0 Å². The van der Waals surface area contributed by atoms with Gasteiger partial charge in [-0.2, -0.15) is 4.98 Å². The molecule has 0 fully saturated rings. The average molecular weight is 233 g/mol. The first-order valence-corrected chi connectivity index (χ1v) is 5.16. The quantitative estimate of drug-likeness (QED) is 0.838. The summed E-state index contributed by atoms with van der Waals surface area (Å²) in [6.07, 6.45) is 1.52. The minimum absolute atomic E-state index is 0.259. The number of fused-ring (bicyclic) bond motifs is 1. The van der Waals surface area contributed by atoms with Gasteiger partial charge in [0.05, 0.1) is 5.69 Å². The Morgan fingerprint density at radius 3 is 3.00 bits per heavy atom. The Balaban J connectivity index is 1.80. The van der Waals surface area contributed by atoms with Crippen LogP contribution < -0.4 is 20.5 Å². The van der Waals surface area contributed by atoms with E-state index in [1.165, 1.54) is 6.26 Å². The Kier molecular flexibility index (Phi) is 2.34. The van der Waals surface area contributed by atoms with Gasteiger partial charge in [0.15, 0.2) is 11.5 Å². The van der Waals surface area contributed by atoms with Gasteiger partial charge < -0.3 is 24.9 Å². The Bertz CT molecular complexity index is 539. The lowest BCUT2D eigenvalue weighted by Gasteiger charge is -2.02. The summed E-state index contributed by atoms with van der Waals surface area (Å²) in [6, 6.07) is 5.93. The van der Waals surface area contributed by atoms with Gasteiger partial charge in [0.1, 0.15) is 6.26 Å². The van der Waals surface area contributed by atoms with Gasteiger partial charge in [-0.05, 0) is 12.1 Å². The first-order valence-electron chi connectivity index (χ1n) is 5.16. The number of benzene rings is 1. The van der Waals surface area contributed by atoms with E-state index < -0.39 is 0 Å². The number of nitrogens with zero attached hydrogens (tertiary/aromatic N) is 1. The van der Waals surface area contributed by atoms with E-state index in [9.17, 15) is 0 Å². The summed E-state index contributed by atoms with van der Waals surface area (Å²) in [5, 5.41) is 3.02. The maximum atomic E-state index is 5.44. The van der Waals surface area contributed by atoms with Crippen LogP contribution in [0, 0.1) is 0 Å². The van der Waals surface area contributed by atoms with Crippen LogP contribution in [0.2, 0.25) is 0 Å². The van der Waals surface area contributed by atoms with E-state index in [-0.39, 0.29) is 6.79 Å². The SMILES string of the molecule is NCc1coc(Nc2ccc3c(c2)OCO3)n1. The number of ether oxygens (including phenoxy) is 2. The molecule has 1 aliphatic rings. The Morgan fingerprint density at radius 2 is 2.18 bits per heavy atom. The van der Waals surface area contributed by atoms with Crippen LogP contribution in [-0.2, 0) is 6.54 Å². The smallest absolute Gasteiger partial charge is 0.299 e. The summed E-state index contributed by atoms with van der Waals surface area (Å²) < 4.78 is 15.7. The molecule has 2 aromatic rings. The molecular weight excluding hydrogens is 222 g/mol. The molecule has 1 aliphatic heterocycles. The zero-order valence-corrected chi connectivity index (χ0v) is 8.97. The van der Waals surface area contributed by atoms with Crippen molar-refractivity contribution in [2.75, 3.05) is 12.1 Å². The fourth-order valence-corrected chi connectivity index (χ4v) is 1.56. The maximum Gasteiger partial charge on any atom is 0.299 e. The second kappa shape index (κ2) is 3.99. The van der Waals surface area contributed by atoms with Crippen molar-refractivity contribution < 1.29 is 13.9 Å². The van der Waals surface area contributed by atoms with E-state index in [1.54, 1.807) is 0 Å². The second-order valence-electron chi connectivity index (χ2n) is 3.54. The van der Waals surface area contributed by atoms with Gasteiger partial charge in [-0.25, -0.2) is 0 Å². The van der Waals surface area contributed by atoms with E-state index in [2.05, 4.69) is 10.3 Å². The van der Waals surface area contributed by atoms with Gasteiger partial charge in [-0.15, -0.1) is 0 Å². The van der Waals surface area contributed by atoms with Crippen LogP contribution in [0.1, 0.15) is 5.69 Å². The Hall–Kier alpha value is -2.21. The van der Waals surface area contributed by atoms with Crippen LogP contribution in [0.3, 0.4) is 0 Å². The number of oxazole rings is 1. The van der Waals surface area contributed by atoms with Crippen molar-refractivity contribution >= 4 is 11.7 Å². The lowest BCUT2D eigenvalue weighted by molar-refractivity contribution is 0.174. The lowest BCUT2D eigenvalue weighted by Crippen LogP contribution is -1.97. The van der Waals surface area contributed by atoms with E-state index in [1.807, 2.05) is 18.2 Å². The number of rotatable bonds is 3. The Morgan fingerprint density at radius 1 is 1.29 bits per heavy atom. The third-order valence-corrected chi connectivity index (χ3v) is 2.38. The summed E-state index contributed by atoms with van der Waals surface area (Å²) in [4.78, 5) is 4.14. The third-order valence-electron chi connectivity index (χ3n) is 2.38. The highest BCUT2D eigenvalue weighted by Gasteiger charge is 2.13. The number of aromatic nitrogens is 1. The zero-order chi connectivity index (χ0) is 11.7. The zero-order valence-electron chi connectivity index (χ0n) is 8.97. The van der Waals surface area contributed by atoms with Crippen LogP contribution >= 0.6 is 0 Å². The summed E-state index contributed by atoms with van der Waals surface area (Å²) in [5.41, 5.74) is 6.96. The van der Waals surface area contributed by atoms with Crippen molar-refractivity contribution in [2.45, 2.75) is 6.54 Å². The van der Waals surface area contributed by atoms with E-state index in [0.717, 1.165) is 11.4 Å². The fourth-order valence-electron chi connectivity index (χ4n) is 1.56. The number of nitrogens with one attached hydrogen (secondary N) is 1. The predicted octanol–water partition coefficient (Wildman–Crippen LogP) is 1.61. The molecule has 0 saturated carbocycles. The van der Waals surface area contributed by atoms with Crippen LogP contribution in [0.15, 0.2) is 28.9 Å². The molecule has 0 bridgehead atoms. The van der Waals surface area contributed by atoms with Crippen molar-refractivity contribution in [1.82, 2.24) is 4.98 Å². The lowest BCUT2D eigenvalue weighted by atomic mass is 10.3. The van der Waals surface area contributed by atoms with Gasteiger partial charge in [0.25, 0.3) is 6.01 Å². The second-order valence-corrected chi connectivity index (χ2v) is 3.54. The van der Waals surface area contributed by atoms with Crippen LogP contribution in [0.4, 0.5) is 11.7 Å². The summed E-state index contributed by atoms with van der Waals surface area (Å²) >= 11 is 0. The standard InChI is InChI=1S/C11H11N3O3/c12-4-8-5-15-11(14-8)13-7-1-2-9-10(3-7)17-6-16-9/h1-3,5H,4,6,12H2,(H,13,14). The van der Waals surface area contributed by atoms with E-state index in [4.69, 9.17) is 19.6 Å². The highest BCUT2D eigenvalue weighted by atomic mass is 16.7. The summed E-state index contributed by atoms with van der Waals surface area (Å²) in [5.74, 6) is 1.45. The summed E-state index contributed by atoms with van der Waals surface area (Å²) in [6.45, 7) is 0.613. The molecule has 0 saturated heterocycles. The van der Waals surface area contributed by atoms with Crippen LogP contribution in [-0.4, -0.2) is 11.8 Å². The highest BCUT2D eigenvalue weighted by Crippen LogP contribution is 2.34.